The number of unbranched alkanes of at least 4 members (excludes halogenated alkanes) is 37. The predicted octanol–water partition coefficient (Wildman–Crippen LogP) is 19.6. The monoisotopic (exact) mass is 1300 g/mol. The highest BCUT2D eigenvalue weighted by atomic mass is 31.2. The summed E-state index contributed by atoms with van der Waals surface area (Å²) in [5, 5.41) is 10.6. The Hall–Kier alpha value is -1.94. The molecule has 522 valence electrons. The Morgan fingerprint density at radius 1 is 0.330 bits per heavy atom. The molecule has 19 heteroatoms. The molecule has 0 saturated heterocycles. The second kappa shape index (κ2) is 61.3. The van der Waals surface area contributed by atoms with Crippen LogP contribution >= 0.6 is 15.6 Å². The van der Waals surface area contributed by atoms with Crippen LogP contribution in [0.4, 0.5) is 0 Å². The minimum absolute atomic E-state index is 0.102. The lowest BCUT2D eigenvalue weighted by molar-refractivity contribution is -0.161. The number of phosphoric ester groups is 2. The average Bonchev–Trinajstić information content (AvgIpc) is 3.63. The molecule has 0 radical (unpaired) electrons. The number of carbonyl (C=O) groups is 4. The number of ether oxygens (including phenoxy) is 4. The molecule has 0 rings (SSSR count). The van der Waals surface area contributed by atoms with Crippen molar-refractivity contribution in [3.05, 3.63) is 0 Å². The van der Waals surface area contributed by atoms with Crippen LogP contribution in [0.3, 0.4) is 0 Å². The zero-order valence-corrected chi connectivity index (χ0v) is 58.8. The topological polar surface area (TPSA) is 237 Å². The van der Waals surface area contributed by atoms with Crippen LogP contribution in [0.25, 0.3) is 0 Å². The zero-order valence-electron chi connectivity index (χ0n) is 57.0. The molecule has 3 unspecified atom stereocenters. The van der Waals surface area contributed by atoms with E-state index in [2.05, 4.69) is 41.5 Å². The van der Waals surface area contributed by atoms with Gasteiger partial charge in [-0.15, -0.1) is 0 Å². The molecule has 0 aromatic carbocycles. The second-order valence-electron chi connectivity index (χ2n) is 25.6. The van der Waals surface area contributed by atoms with E-state index in [-0.39, 0.29) is 25.7 Å². The molecule has 17 nitrogen and oxygen atoms in total. The lowest BCUT2D eigenvalue weighted by Gasteiger charge is -2.21. The van der Waals surface area contributed by atoms with Gasteiger partial charge in [-0.1, -0.05) is 298 Å². The molecule has 0 bridgehead atoms. The van der Waals surface area contributed by atoms with Gasteiger partial charge in [-0.3, -0.25) is 37.3 Å². The Kier molecular flexibility index (Phi) is 59.9. The maximum atomic E-state index is 13.0. The zero-order chi connectivity index (χ0) is 65.0. The fourth-order valence-corrected chi connectivity index (χ4v) is 12.0. The van der Waals surface area contributed by atoms with Gasteiger partial charge < -0.3 is 33.8 Å². The molecular formula is C69H134O17P2. The van der Waals surface area contributed by atoms with Crippen molar-refractivity contribution >= 4 is 39.5 Å². The highest BCUT2D eigenvalue weighted by Crippen LogP contribution is 2.45. The first-order valence-corrected chi connectivity index (χ1v) is 39.0. The highest BCUT2D eigenvalue weighted by molar-refractivity contribution is 7.47. The largest absolute Gasteiger partial charge is 0.472 e. The van der Waals surface area contributed by atoms with Crippen molar-refractivity contribution in [3.63, 3.8) is 0 Å². The normalized spacial score (nSPS) is 14.5. The van der Waals surface area contributed by atoms with Crippen LogP contribution in [0, 0.1) is 11.8 Å². The van der Waals surface area contributed by atoms with Crippen molar-refractivity contribution in [2.75, 3.05) is 39.6 Å². The smallest absolute Gasteiger partial charge is 0.462 e. The van der Waals surface area contributed by atoms with Crippen molar-refractivity contribution in [1.82, 2.24) is 0 Å². The predicted molar refractivity (Wildman–Crippen MR) is 354 cm³/mol. The van der Waals surface area contributed by atoms with E-state index in [0.717, 1.165) is 102 Å². The van der Waals surface area contributed by atoms with Gasteiger partial charge >= 0.3 is 39.5 Å². The summed E-state index contributed by atoms with van der Waals surface area (Å²) in [5.41, 5.74) is 0. The molecule has 3 N–H and O–H groups in total. The summed E-state index contributed by atoms with van der Waals surface area (Å²) in [6.07, 6.45) is 46.2. The van der Waals surface area contributed by atoms with E-state index in [1.807, 2.05) is 0 Å². The van der Waals surface area contributed by atoms with Crippen LogP contribution in [0.5, 0.6) is 0 Å². The Labute approximate surface area is 537 Å². The molecule has 0 saturated carbocycles. The first-order valence-electron chi connectivity index (χ1n) is 36.0. The summed E-state index contributed by atoms with van der Waals surface area (Å²) in [7, 11) is -9.89. The summed E-state index contributed by atoms with van der Waals surface area (Å²) in [6, 6.07) is 0. The van der Waals surface area contributed by atoms with Gasteiger partial charge in [0.25, 0.3) is 0 Å². The van der Waals surface area contributed by atoms with Gasteiger partial charge in [0.2, 0.25) is 0 Å². The minimum Gasteiger partial charge on any atom is -0.462 e. The first kappa shape index (κ1) is 86.1. The molecule has 6 atom stereocenters. The summed E-state index contributed by atoms with van der Waals surface area (Å²) >= 11 is 0. The SMILES string of the molecule is CCCCCCCCCCCCCCCCCCCCCCC(=O)O[C@H](COC(=O)CCCCCCCCC(C)CC)COP(=O)(O)OC[C@@H](O)COP(=O)(O)OC[C@@H](COC(=O)CCCCCCCCCCC)OC(=O)CCCCCCCCC(C)C. The Morgan fingerprint density at radius 3 is 0.864 bits per heavy atom. The van der Waals surface area contributed by atoms with Crippen LogP contribution in [-0.2, 0) is 65.4 Å². The molecule has 0 spiro atoms. The quantitative estimate of drug-likeness (QED) is 0.0222. The molecule has 0 aromatic heterocycles. The summed E-state index contributed by atoms with van der Waals surface area (Å²) in [4.78, 5) is 72.3. The summed E-state index contributed by atoms with van der Waals surface area (Å²) in [6.45, 7) is 9.38. The first-order chi connectivity index (χ1) is 42.4. The second-order valence-corrected chi connectivity index (χ2v) is 28.5. The van der Waals surface area contributed by atoms with E-state index in [9.17, 15) is 43.2 Å². The number of carbonyl (C=O) groups excluding carboxylic acids is 4. The van der Waals surface area contributed by atoms with Crippen molar-refractivity contribution < 1.29 is 80.2 Å². The van der Waals surface area contributed by atoms with E-state index in [0.29, 0.717) is 31.6 Å². The van der Waals surface area contributed by atoms with Crippen LogP contribution in [-0.4, -0.2) is 96.7 Å². The third kappa shape index (κ3) is 61.6. The fourth-order valence-electron chi connectivity index (χ4n) is 10.4. The highest BCUT2D eigenvalue weighted by Gasteiger charge is 2.30. The van der Waals surface area contributed by atoms with Crippen LogP contribution in [0.15, 0.2) is 0 Å². The van der Waals surface area contributed by atoms with Gasteiger partial charge in [-0.05, 0) is 37.5 Å². The number of hydrogen-bond donors (Lipinski definition) is 3. The molecule has 0 aliphatic heterocycles. The van der Waals surface area contributed by atoms with E-state index in [4.69, 9.17) is 37.0 Å². The summed E-state index contributed by atoms with van der Waals surface area (Å²) in [5.74, 6) is -0.734. The lowest BCUT2D eigenvalue weighted by atomic mass is 10.00. The number of aliphatic hydroxyl groups excluding tert-OH is 1. The van der Waals surface area contributed by atoms with E-state index >= 15 is 0 Å². The number of esters is 4. The van der Waals surface area contributed by atoms with Gasteiger partial charge in [-0.2, -0.15) is 0 Å². The Bertz CT molecular complexity index is 1720. The standard InChI is InChI=1S/C69H134O17P2/c1-7-10-12-14-16-18-19-20-21-22-23-24-25-26-27-28-30-32-41-47-53-68(73)85-64(58-80-67(72)52-46-40-36-34-38-44-50-62(6)9-3)59-83-87(75,76)81-55-63(70)56-82-88(77,78)84-60-65(86-69(74)54-48-42-35-33-37-43-49-61(4)5)57-79-66(71)51-45-39-31-29-17-15-13-11-8-2/h61-65,70H,7-60H2,1-6H3,(H,75,76)(H,77,78)/t62?,63-,64-,65-/m1/s1. The molecule has 0 amide bonds. The van der Waals surface area contributed by atoms with E-state index in [1.165, 1.54) is 161 Å². The fraction of sp³-hybridized carbons (Fsp3) is 0.942. The van der Waals surface area contributed by atoms with Gasteiger partial charge in [0.15, 0.2) is 12.2 Å². The minimum atomic E-state index is -4.95. The van der Waals surface area contributed by atoms with Crippen molar-refractivity contribution in [2.45, 2.75) is 368 Å². The van der Waals surface area contributed by atoms with Crippen LogP contribution < -0.4 is 0 Å². The Balaban J connectivity index is 5.15. The van der Waals surface area contributed by atoms with Crippen molar-refractivity contribution in [2.24, 2.45) is 11.8 Å². The number of rotatable bonds is 68. The van der Waals surface area contributed by atoms with Crippen LogP contribution in [0.2, 0.25) is 0 Å². The molecule has 0 heterocycles. The number of hydrogen-bond acceptors (Lipinski definition) is 15. The molecular weight excluding hydrogens is 1160 g/mol. The van der Waals surface area contributed by atoms with E-state index in [1.54, 1.807) is 0 Å². The maximum absolute atomic E-state index is 13.0. The van der Waals surface area contributed by atoms with Gasteiger partial charge in [-0.25, -0.2) is 9.13 Å². The lowest BCUT2D eigenvalue weighted by Crippen LogP contribution is -2.30. The molecule has 0 aliphatic rings. The van der Waals surface area contributed by atoms with E-state index < -0.39 is 97.5 Å². The summed E-state index contributed by atoms with van der Waals surface area (Å²) < 4.78 is 68.1. The molecule has 88 heavy (non-hydrogen) atoms. The van der Waals surface area contributed by atoms with Crippen molar-refractivity contribution in [3.8, 4) is 0 Å². The van der Waals surface area contributed by atoms with Gasteiger partial charge in [0.05, 0.1) is 26.4 Å². The molecule has 0 aliphatic carbocycles. The third-order valence-electron chi connectivity index (χ3n) is 16.3. The average molecular weight is 1300 g/mol. The number of phosphoric acid groups is 2. The Morgan fingerprint density at radius 2 is 0.580 bits per heavy atom. The van der Waals surface area contributed by atoms with Gasteiger partial charge in [0.1, 0.15) is 19.3 Å². The number of aliphatic hydroxyl groups is 1. The van der Waals surface area contributed by atoms with Crippen LogP contribution in [0.1, 0.15) is 350 Å². The molecule has 0 fully saturated rings. The molecule has 0 aromatic rings. The maximum Gasteiger partial charge on any atom is 0.472 e. The van der Waals surface area contributed by atoms with Crippen molar-refractivity contribution in [1.29, 1.82) is 0 Å². The van der Waals surface area contributed by atoms with Gasteiger partial charge in [0, 0.05) is 25.7 Å². The third-order valence-corrected chi connectivity index (χ3v) is 18.2.